The summed E-state index contributed by atoms with van der Waals surface area (Å²) in [5.41, 5.74) is 0.625. The van der Waals surface area contributed by atoms with Crippen LogP contribution in [-0.4, -0.2) is 36.4 Å². The average molecular weight is 233 g/mol. The third kappa shape index (κ3) is 2.96. The van der Waals surface area contributed by atoms with Crippen molar-refractivity contribution >= 4 is 11.7 Å². The van der Waals surface area contributed by atoms with Gasteiger partial charge in [-0.3, -0.25) is 4.79 Å². The molecule has 1 heterocycles. The van der Waals surface area contributed by atoms with E-state index in [0.717, 1.165) is 24.2 Å². The van der Waals surface area contributed by atoms with Gasteiger partial charge in [0.1, 0.15) is 5.82 Å². The van der Waals surface area contributed by atoms with E-state index in [0.29, 0.717) is 5.56 Å². The molecular formula is C13H19N3O. The average Bonchev–Trinajstić information content (AvgIpc) is 3.02. The van der Waals surface area contributed by atoms with Crippen molar-refractivity contribution < 1.29 is 4.79 Å². The summed E-state index contributed by atoms with van der Waals surface area (Å²) in [6, 6.07) is 3.68. The number of amides is 1. The summed E-state index contributed by atoms with van der Waals surface area (Å²) in [6.45, 7) is 3.24. The van der Waals surface area contributed by atoms with Gasteiger partial charge in [0.15, 0.2) is 0 Å². The maximum atomic E-state index is 11.6. The molecule has 4 nitrogen and oxygen atoms in total. The molecule has 1 saturated carbocycles. The number of pyridine rings is 1. The predicted octanol–water partition coefficient (Wildman–Crippen LogP) is 1.85. The second-order valence-electron chi connectivity index (χ2n) is 4.99. The molecule has 1 amide bonds. The smallest absolute Gasteiger partial charge is 0.254 e. The summed E-state index contributed by atoms with van der Waals surface area (Å²) < 4.78 is 0. The fraction of sp³-hybridized carbons (Fsp3) is 0.538. The van der Waals surface area contributed by atoms with E-state index < -0.39 is 0 Å². The van der Waals surface area contributed by atoms with Gasteiger partial charge < -0.3 is 10.2 Å². The van der Waals surface area contributed by atoms with Crippen molar-refractivity contribution in [1.29, 1.82) is 0 Å². The number of nitrogens with one attached hydrogen (secondary N) is 1. The van der Waals surface area contributed by atoms with Crippen molar-refractivity contribution in [3.8, 4) is 0 Å². The Kier molecular flexibility index (Phi) is 3.31. The predicted molar refractivity (Wildman–Crippen MR) is 68.0 cm³/mol. The Bertz CT molecular complexity index is 400. The van der Waals surface area contributed by atoms with Gasteiger partial charge in [0, 0.05) is 26.8 Å². The Morgan fingerprint density at radius 1 is 1.53 bits per heavy atom. The van der Waals surface area contributed by atoms with E-state index in [-0.39, 0.29) is 5.91 Å². The highest BCUT2D eigenvalue weighted by Crippen LogP contribution is 2.37. The van der Waals surface area contributed by atoms with E-state index >= 15 is 0 Å². The lowest BCUT2D eigenvalue weighted by atomic mass is 10.2. The topological polar surface area (TPSA) is 45.2 Å². The summed E-state index contributed by atoms with van der Waals surface area (Å²) >= 11 is 0. The van der Waals surface area contributed by atoms with Crippen LogP contribution >= 0.6 is 0 Å². The molecular weight excluding hydrogens is 214 g/mol. The first-order valence-electron chi connectivity index (χ1n) is 5.99. The molecule has 0 aliphatic heterocycles. The van der Waals surface area contributed by atoms with Crippen LogP contribution in [0.1, 0.15) is 23.7 Å². The number of hydrogen-bond donors (Lipinski definition) is 1. The lowest BCUT2D eigenvalue weighted by Gasteiger charge is -2.10. The lowest BCUT2D eigenvalue weighted by molar-refractivity contribution is 0.0827. The summed E-state index contributed by atoms with van der Waals surface area (Å²) in [4.78, 5) is 17.4. The standard InChI is InChI=1S/C13H19N3O/c1-9-6-11(9)8-15-12-5-4-10(7-14-12)13(17)16(2)3/h4-5,7,9,11H,6,8H2,1-3H3,(H,14,15). The van der Waals surface area contributed by atoms with E-state index in [1.807, 2.05) is 12.1 Å². The first kappa shape index (κ1) is 11.9. The van der Waals surface area contributed by atoms with Crippen LogP contribution in [0.4, 0.5) is 5.82 Å². The van der Waals surface area contributed by atoms with Crippen molar-refractivity contribution in [3.05, 3.63) is 23.9 Å². The van der Waals surface area contributed by atoms with Crippen LogP contribution in [0.2, 0.25) is 0 Å². The maximum Gasteiger partial charge on any atom is 0.254 e. The number of nitrogens with zero attached hydrogens (tertiary/aromatic N) is 2. The Morgan fingerprint density at radius 3 is 2.71 bits per heavy atom. The SMILES string of the molecule is CC1CC1CNc1ccc(C(=O)N(C)C)cn1. The number of aromatic nitrogens is 1. The minimum absolute atomic E-state index is 0.0140. The third-order valence-electron chi connectivity index (χ3n) is 3.24. The zero-order chi connectivity index (χ0) is 12.4. The molecule has 1 fully saturated rings. The third-order valence-corrected chi connectivity index (χ3v) is 3.24. The number of hydrogen-bond acceptors (Lipinski definition) is 3. The number of anilines is 1. The molecule has 0 saturated heterocycles. The first-order chi connectivity index (χ1) is 8.08. The van der Waals surface area contributed by atoms with Crippen molar-refractivity contribution in [1.82, 2.24) is 9.88 Å². The molecule has 1 aromatic heterocycles. The molecule has 0 spiro atoms. The van der Waals surface area contributed by atoms with Crippen molar-refractivity contribution in [2.45, 2.75) is 13.3 Å². The van der Waals surface area contributed by atoms with E-state index in [4.69, 9.17) is 0 Å². The molecule has 2 atom stereocenters. The van der Waals surface area contributed by atoms with E-state index in [1.165, 1.54) is 6.42 Å². The van der Waals surface area contributed by atoms with Gasteiger partial charge in [-0.05, 0) is 30.4 Å². The molecule has 0 aromatic carbocycles. The minimum Gasteiger partial charge on any atom is -0.370 e. The molecule has 1 aromatic rings. The largest absolute Gasteiger partial charge is 0.370 e. The Labute approximate surface area is 102 Å². The summed E-state index contributed by atoms with van der Waals surface area (Å²) in [6.07, 6.45) is 2.94. The zero-order valence-corrected chi connectivity index (χ0v) is 10.6. The number of carbonyl (C=O) groups excluding carboxylic acids is 1. The van der Waals surface area contributed by atoms with Gasteiger partial charge >= 0.3 is 0 Å². The molecule has 1 aliphatic carbocycles. The van der Waals surface area contributed by atoms with Gasteiger partial charge in [-0.1, -0.05) is 6.92 Å². The second-order valence-corrected chi connectivity index (χ2v) is 4.99. The fourth-order valence-electron chi connectivity index (χ4n) is 1.80. The van der Waals surface area contributed by atoms with E-state index in [2.05, 4.69) is 17.2 Å². The van der Waals surface area contributed by atoms with Crippen molar-refractivity contribution in [2.24, 2.45) is 11.8 Å². The van der Waals surface area contributed by atoms with Crippen LogP contribution in [0, 0.1) is 11.8 Å². The maximum absolute atomic E-state index is 11.6. The van der Waals surface area contributed by atoms with Crippen LogP contribution in [0.25, 0.3) is 0 Å². The number of rotatable bonds is 4. The van der Waals surface area contributed by atoms with Gasteiger partial charge in [0.05, 0.1) is 5.56 Å². The highest BCUT2D eigenvalue weighted by atomic mass is 16.2. The monoisotopic (exact) mass is 233 g/mol. The first-order valence-corrected chi connectivity index (χ1v) is 5.99. The van der Waals surface area contributed by atoms with Crippen molar-refractivity contribution in [3.63, 3.8) is 0 Å². The van der Waals surface area contributed by atoms with E-state index in [9.17, 15) is 4.79 Å². The fourth-order valence-corrected chi connectivity index (χ4v) is 1.80. The van der Waals surface area contributed by atoms with Crippen LogP contribution < -0.4 is 5.32 Å². The molecule has 2 rings (SSSR count). The van der Waals surface area contributed by atoms with Gasteiger partial charge in [-0.15, -0.1) is 0 Å². The summed E-state index contributed by atoms with van der Waals surface area (Å²) in [7, 11) is 3.48. The Morgan fingerprint density at radius 2 is 2.24 bits per heavy atom. The molecule has 0 radical (unpaired) electrons. The van der Waals surface area contributed by atoms with Crippen molar-refractivity contribution in [2.75, 3.05) is 26.0 Å². The van der Waals surface area contributed by atoms with Gasteiger partial charge in [-0.2, -0.15) is 0 Å². The molecule has 1 N–H and O–H groups in total. The van der Waals surface area contributed by atoms with Crippen LogP contribution in [0.15, 0.2) is 18.3 Å². The minimum atomic E-state index is -0.0140. The van der Waals surface area contributed by atoms with Gasteiger partial charge in [-0.25, -0.2) is 4.98 Å². The molecule has 1 aliphatic rings. The van der Waals surface area contributed by atoms with Crippen LogP contribution in [0.3, 0.4) is 0 Å². The second kappa shape index (κ2) is 4.73. The molecule has 17 heavy (non-hydrogen) atoms. The normalized spacial score (nSPS) is 22.1. The lowest BCUT2D eigenvalue weighted by Crippen LogP contribution is -2.21. The van der Waals surface area contributed by atoms with Gasteiger partial charge in [0.2, 0.25) is 0 Å². The van der Waals surface area contributed by atoms with Crippen LogP contribution in [0.5, 0.6) is 0 Å². The zero-order valence-electron chi connectivity index (χ0n) is 10.6. The highest BCUT2D eigenvalue weighted by Gasteiger charge is 2.31. The molecule has 4 heteroatoms. The van der Waals surface area contributed by atoms with E-state index in [1.54, 1.807) is 25.2 Å². The molecule has 2 unspecified atom stereocenters. The quantitative estimate of drug-likeness (QED) is 0.863. The van der Waals surface area contributed by atoms with Crippen LogP contribution in [-0.2, 0) is 0 Å². The Balaban J connectivity index is 1.91. The van der Waals surface area contributed by atoms with Gasteiger partial charge in [0.25, 0.3) is 5.91 Å². The summed E-state index contributed by atoms with van der Waals surface area (Å²) in [5, 5.41) is 3.30. The number of carbonyl (C=O) groups is 1. The molecule has 92 valence electrons. The molecule has 0 bridgehead atoms. The Hall–Kier alpha value is -1.58. The summed E-state index contributed by atoms with van der Waals surface area (Å²) in [5.74, 6) is 2.47. The highest BCUT2D eigenvalue weighted by molar-refractivity contribution is 5.93.